The minimum Gasteiger partial charge on any atom is -0.497 e. The smallest absolute Gasteiger partial charge is 0.240 e. The Balaban J connectivity index is 1.82. The zero-order chi connectivity index (χ0) is 14.1. The average Bonchev–Trinajstić information content (AvgIpc) is 3.07. The van der Waals surface area contributed by atoms with Gasteiger partial charge in [0.2, 0.25) is 11.8 Å². The molecule has 2 unspecified atom stereocenters. The molecule has 0 spiro atoms. The van der Waals surface area contributed by atoms with E-state index < -0.39 is 0 Å². The van der Waals surface area contributed by atoms with Crippen molar-refractivity contribution in [3.63, 3.8) is 0 Å². The van der Waals surface area contributed by atoms with E-state index in [4.69, 9.17) is 9.47 Å². The first kappa shape index (κ1) is 13.1. The maximum Gasteiger partial charge on any atom is 0.240 e. The van der Waals surface area contributed by atoms with Crippen LogP contribution in [0.2, 0.25) is 0 Å². The number of anilines is 1. The molecule has 5 nitrogen and oxygen atoms in total. The first-order chi connectivity index (χ1) is 9.70. The second kappa shape index (κ2) is 5.25. The van der Waals surface area contributed by atoms with Gasteiger partial charge in [0.05, 0.1) is 24.8 Å². The summed E-state index contributed by atoms with van der Waals surface area (Å²) in [7, 11) is 1.58. The average molecular weight is 275 g/mol. The summed E-state index contributed by atoms with van der Waals surface area (Å²) in [4.78, 5) is 25.8. The minimum atomic E-state index is -0.327. The molecule has 106 valence electrons. The van der Waals surface area contributed by atoms with Gasteiger partial charge in [-0.1, -0.05) is 0 Å². The summed E-state index contributed by atoms with van der Waals surface area (Å²) >= 11 is 0. The standard InChI is InChI=1S/C15H17NO4/c1-19-11-6-4-10(5-7-11)16-14(17)9-12(15(16)18)13-3-2-8-20-13/h4-7,12-13H,2-3,8-9H2,1H3. The number of hydrogen-bond donors (Lipinski definition) is 0. The van der Waals surface area contributed by atoms with Crippen molar-refractivity contribution in [2.75, 3.05) is 18.6 Å². The van der Waals surface area contributed by atoms with Gasteiger partial charge in [-0.05, 0) is 37.1 Å². The van der Waals surface area contributed by atoms with E-state index in [0.29, 0.717) is 18.0 Å². The Labute approximate surface area is 117 Å². The molecule has 0 radical (unpaired) electrons. The number of carbonyl (C=O) groups excluding carboxylic acids is 2. The lowest BCUT2D eigenvalue weighted by atomic mass is 9.98. The van der Waals surface area contributed by atoms with Crippen LogP contribution in [-0.2, 0) is 14.3 Å². The van der Waals surface area contributed by atoms with Gasteiger partial charge in [0.15, 0.2) is 0 Å². The first-order valence-electron chi connectivity index (χ1n) is 6.83. The van der Waals surface area contributed by atoms with Crippen LogP contribution >= 0.6 is 0 Å². The fourth-order valence-electron chi connectivity index (χ4n) is 2.87. The van der Waals surface area contributed by atoms with Crippen molar-refractivity contribution in [2.45, 2.75) is 25.4 Å². The van der Waals surface area contributed by atoms with E-state index in [1.54, 1.807) is 31.4 Å². The molecule has 2 atom stereocenters. The maximum absolute atomic E-state index is 12.5. The third-order valence-electron chi connectivity index (χ3n) is 3.93. The Morgan fingerprint density at radius 3 is 2.60 bits per heavy atom. The summed E-state index contributed by atoms with van der Waals surface area (Å²) < 4.78 is 10.6. The monoisotopic (exact) mass is 275 g/mol. The van der Waals surface area contributed by atoms with Gasteiger partial charge in [-0.15, -0.1) is 0 Å². The molecule has 20 heavy (non-hydrogen) atoms. The molecule has 0 bridgehead atoms. The van der Waals surface area contributed by atoms with E-state index in [1.165, 1.54) is 4.90 Å². The van der Waals surface area contributed by atoms with Crippen molar-refractivity contribution in [1.29, 1.82) is 0 Å². The number of methoxy groups -OCH3 is 1. The third-order valence-corrected chi connectivity index (χ3v) is 3.93. The number of nitrogens with zero attached hydrogens (tertiary/aromatic N) is 1. The predicted molar refractivity (Wildman–Crippen MR) is 72.6 cm³/mol. The molecule has 5 heteroatoms. The number of ether oxygens (including phenoxy) is 2. The Bertz CT molecular complexity index is 519. The maximum atomic E-state index is 12.5. The predicted octanol–water partition coefficient (Wildman–Crippen LogP) is 1.75. The third kappa shape index (κ3) is 2.18. The summed E-state index contributed by atoms with van der Waals surface area (Å²) in [6.07, 6.45) is 1.97. The molecule has 2 heterocycles. The van der Waals surface area contributed by atoms with Gasteiger partial charge in [-0.2, -0.15) is 0 Å². The highest BCUT2D eigenvalue weighted by Crippen LogP contribution is 2.33. The quantitative estimate of drug-likeness (QED) is 0.789. The summed E-state index contributed by atoms with van der Waals surface area (Å²) in [6.45, 7) is 0.686. The second-order valence-electron chi connectivity index (χ2n) is 5.13. The fourth-order valence-corrected chi connectivity index (χ4v) is 2.87. The lowest BCUT2D eigenvalue weighted by Crippen LogP contribution is -2.33. The molecule has 1 aromatic carbocycles. The molecular formula is C15H17NO4. The fraction of sp³-hybridized carbons (Fsp3) is 0.467. The lowest BCUT2D eigenvalue weighted by Gasteiger charge is -2.18. The number of imide groups is 1. The van der Waals surface area contributed by atoms with Crippen LogP contribution < -0.4 is 9.64 Å². The highest BCUT2D eigenvalue weighted by atomic mass is 16.5. The number of carbonyl (C=O) groups is 2. The summed E-state index contributed by atoms with van der Waals surface area (Å²) in [5.74, 6) is 0.0726. The summed E-state index contributed by atoms with van der Waals surface area (Å²) in [6, 6.07) is 6.95. The van der Waals surface area contributed by atoms with Gasteiger partial charge < -0.3 is 9.47 Å². The van der Waals surface area contributed by atoms with Crippen LogP contribution in [0.1, 0.15) is 19.3 Å². The van der Waals surface area contributed by atoms with E-state index in [2.05, 4.69) is 0 Å². The first-order valence-corrected chi connectivity index (χ1v) is 6.83. The Morgan fingerprint density at radius 1 is 1.25 bits per heavy atom. The van der Waals surface area contributed by atoms with Gasteiger partial charge in [0.1, 0.15) is 5.75 Å². The van der Waals surface area contributed by atoms with Crippen molar-refractivity contribution in [2.24, 2.45) is 5.92 Å². The molecular weight excluding hydrogens is 258 g/mol. The van der Waals surface area contributed by atoms with Crippen LogP contribution in [0, 0.1) is 5.92 Å². The SMILES string of the molecule is COc1ccc(N2C(=O)CC(C3CCCO3)C2=O)cc1. The van der Waals surface area contributed by atoms with Crippen LogP contribution in [0.3, 0.4) is 0 Å². The zero-order valence-electron chi connectivity index (χ0n) is 11.4. The molecule has 2 aliphatic heterocycles. The van der Waals surface area contributed by atoms with Gasteiger partial charge in [0.25, 0.3) is 0 Å². The highest BCUT2D eigenvalue weighted by molar-refractivity contribution is 6.21. The van der Waals surface area contributed by atoms with Gasteiger partial charge in [-0.3, -0.25) is 14.5 Å². The van der Waals surface area contributed by atoms with Gasteiger partial charge in [0, 0.05) is 13.0 Å². The van der Waals surface area contributed by atoms with Crippen molar-refractivity contribution in [1.82, 2.24) is 0 Å². The Kier molecular flexibility index (Phi) is 3.44. The molecule has 0 aliphatic carbocycles. The molecule has 0 aromatic heterocycles. The van der Waals surface area contributed by atoms with E-state index in [-0.39, 0.29) is 30.3 Å². The second-order valence-corrected chi connectivity index (χ2v) is 5.13. The van der Waals surface area contributed by atoms with Gasteiger partial charge >= 0.3 is 0 Å². The van der Waals surface area contributed by atoms with Crippen molar-refractivity contribution in [3.05, 3.63) is 24.3 Å². The van der Waals surface area contributed by atoms with Crippen LogP contribution in [-0.4, -0.2) is 31.6 Å². The molecule has 2 amide bonds. The Hall–Kier alpha value is -1.88. The Morgan fingerprint density at radius 2 is 2.00 bits per heavy atom. The van der Waals surface area contributed by atoms with Crippen molar-refractivity contribution >= 4 is 17.5 Å². The molecule has 1 aromatic rings. The van der Waals surface area contributed by atoms with Gasteiger partial charge in [-0.25, -0.2) is 0 Å². The summed E-state index contributed by atoms with van der Waals surface area (Å²) in [5.41, 5.74) is 0.598. The number of benzene rings is 1. The number of rotatable bonds is 3. The molecule has 2 fully saturated rings. The number of amides is 2. The molecule has 0 N–H and O–H groups in total. The van der Waals surface area contributed by atoms with E-state index in [1.807, 2.05) is 0 Å². The van der Waals surface area contributed by atoms with E-state index in [0.717, 1.165) is 12.8 Å². The minimum absolute atomic E-state index is 0.102. The highest BCUT2D eigenvalue weighted by Gasteiger charge is 2.44. The molecule has 0 saturated carbocycles. The molecule has 2 aliphatic rings. The topological polar surface area (TPSA) is 55.8 Å². The van der Waals surface area contributed by atoms with Crippen LogP contribution in [0.25, 0.3) is 0 Å². The molecule has 2 saturated heterocycles. The zero-order valence-corrected chi connectivity index (χ0v) is 11.4. The van der Waals surface area contributed by atoms with Crippen molar-refractivity contribution in [3.8, 4) is 5.75 Å². The van der Waals surface area contributed by atoms with Crippen molar-refractivity contribution < 1.29 is 19.1 Å². The normalized spacial score (nSPS) is 26.4. The van der Waals surface area contributed by atoms with Crippen LogP contribution in [0.5, 0.6) is 5.75 Å². The lowest BCUT2D eigenvalue weighted by molar-refractivity contribution is -0.124. The largest absolute Gasteiger partial charge is 0.497 e. The molecule has 3 rings (SSSR count). The number of hydrogen-bond acceptors (Lipinski definition) is 4. The van der Waals surface area contributed by atoms with Crippen LogP contribution in [0.4, 0.5) is 5.69 Å². The van der Waals surface area contributed by atoms with E-state index >= 15 is 0 Å². The van der Waals surface area contributed by atoms with Crippen LogP contribution in [0.15, 0.2) is 24.3 Å². The van der Waals surface area contributed by atoms with E-state index in [9.17, 15) is 9.59 Å². The summed E-state index contributed by atoms with van der Waals surface area (Å²) in [5, 5.41) is 0.